The van der Waals surface area contributed by atoms with Crippen molar-refractivity contribution < 1.29 is 22.7 Å². The number of pyridine rings is 1. The van der Waals surface area contributed by atoms with E-state index in [0.29, 0.717) is 13.1 Å². The highest BCUT2D eigenvalue weighted by Gasteiger charge is 2.27. The van der Waals surface area contributed by atoms with Crippen LogP contribution in [0.25, 0.3) is 0 Å². The van der Waals surface area contributed by atoms with Crippen LogP contribution in [0.5, 0.6) is 0 Å². The van der Waals surface area contributed by atoms with E-state index in [2.05, 4.69) is 4.98 Å². The van der Waals surface area contributed by atoms with Gasteiger partial charge in [-0.2, -0.15) is 4.31 Å². The largest absolute Gasteiger partial charge is 0.454 e. The first-order valence-electron chi connectivity index (χ1n) is 11.8. The van der Waals surface area contributed by atoms with Crippen molar-refractivity contribution in [1.82, 2.24) is 18.4 Å². The number of esters is 1. The third-order valence-electron chi connectivity index (χ3n) is 5.91. The molecular formula is C25H29N5O7S. The highest BCUT2D eigenvalue weighted by Crippen LogP contribution is 2.21. The molecule has 2 aromatic heterocycles. The van der Waals surface area contributed by atoms with Gasteiger partial charge in [0.2, 0.25) is 15.8 Å². The molecule has 2 N–H and O–H groups in total. The molecule has 1 saturated heterocycles. The van der Waals surface area contributed by atoms with Crippen molar-refractivity contribution >= 4 is 27.6 Å². The molecule has 0 unspecified atom stereocenters. The maximum Gasteiger partial charge on any atom is 0.338 e. The van der Waals surface area contributed by atoms with Gasteiger partial charge in [0.15, 0.2) is 6.61 Å². The van der Waals surface area contributed by atoms with E-state index in [0.717, 1.165) is 28.4 Å². The quantitative estimate of drug-likeness (QED) is 0.352. The molecule has 1 fully saturated rings. The van der Waals surface area contributed by atoms with Gasteiger partial charge < -0.3 is 10.5 Å². The molecule has 0 saturated carbocycles. The lowest BCUT2D eigenvalue weighted by Crippen LogP contribution is -2.42. The summed E-state index contributed by atoms with van der Waals surface area (Å²) >= 11 is 0. The number of sulfonamides is 1. The minimum absolute atomic E-state index is 0.0450. The lowest BCUT2D eigenvalue weighted by atomic mass is 10.2. The number of anilines is 1. The van der Waals surface area contributed by atoms with Gasteiger partial charge in [-0.05, 0) is 43.2 Å². The summed E-state index contributed by atoms with van der Waals surface area (Å²) < 4.78 is 33.7. The number of rotatable bonds is 6. The number of nitrogen functional groups attached to an aromatic ring is 1. The van der Waals surface area contributed by atoms with Crippen LogP contribution in [-0.2, 0) is 28.9 Å². The van der Waals surface area contributed by atoms with Crippen LogP contribution in [0.3, 0.4) is 0 Å². The van der Waals surface area contributed by atoms with Crippen molar-refractivity contribution in [2.45, 2.75) is 24.2 Å². The molecule has 1 aliphatic rings. The van der Waals surface area contributed by atoms with E-state index in [9.17, 15) is 27.6 Å². The van der Waals surface area contributed by atoms with Crippen LogP contribution in [0.4, 0.5) is 5.82 Å². The Hall–Kier alpha value is -4.10. The molecule has 13 heteroatoms. The number of hydrogen-bond donors (Lipinski definition) is 1. The second-order valence-corrected chi connectivity index (χ2v) is 10.4. The zero-order valence-corrected chi connectivity index (χ0v) is 21.9. The molecule has 12 nitrogen and oxygen atoms in total. The number of benzene rings is 1. The number of carbonyl (C=O) groups is 2. The molecule has 4 rings (SSSR count). The third kappa shape index (κ3) is 6.42. The Morgan fingerprint density at radius 1 is 0.974 bits per heavy atom. The van der Waals surface area contributed by atoms with Crippen molar-refractivity contribution in [1.29, 1.82) is 0 Å². The molecular weight excluding hydrogens is 514 g/mol. The molecule has 0 spiro atoms. The van der Waals surface area contributed by atoms with Crippen LogP contribution in [0.1, 0.15) is 40.0 Å². The summed E-state index contributed by atoms with van der Waals surface area (Å²) in [6, 6.07) is 11.1. The number of hydrogen-bond acceptors (Lipinski definition) is 9. The van der Waals surface area contributed by atoms with Crippen LogP contribution in [-0.4, -0.2) is 58.3 Å². The minimum atomic E-state index is -3.75. The first-order valence-corrected chi connectivity index (χ1v) is 13.2. The summed E-state index contributed by atoms with van der Waals surface area (Å²) in [5, 5.41) is 0. The number of ketones is 1. The van der Waals surface area contributed by atoms with Crippen molar-refractivity contribution in [2.75, 3.05) is 25.4 Å². The summed E-state index contributed by atoms with van der Waals surface area (Å²) in [6.45, 7) is 0.0303. The maximum absolute atomic E-state index is 12.8. The Morgan fingerprint density at radius 3 is 2.21 bits per heavy atom. The molecule has 0 radical (unpaired) electrons. The van der Waals surface area contributed by atoms with Crippen molar-refractivity contribution in [3.63, 3.8) is 0 Å². The molecule has 1 aliphatic heterocycles. The van der Waals surface area contributed by atoms with Crippen molar-refractivity contribution in [3.05, 3.63) is 86.8 Å². The Bertz CT molecular complexity index is 1500. The predicted octanol–water partition coefficient (Wildman–Crippen LogP) is 0.962. The first kappa shape index (κ1) is 28.5. The van der Waals surface area contributed by atoms with E-state index in [4.69, 9.17) is 10.5 Å². The SMILES string of the molecule is Cn1c(N)c(C(=O)COC(=O)c2cccc(S(=O)(=O)N3CCCCC3)c2)c(=O)n(C)c1=O.c1ccncc1. The average molecular weight is 544 g/mol. The van der Waals surface area contributed by atoms with Gasteiger partial charge in [-0.1, -0.05) is 18.6 Å². The highest BCUT2D eigenvalue weighted by atomic mass is 32.2. The van der Waals surface area contributed by atoms with E-state index >= 15 is 0 Å². The Labute approximate surface area is 219 Å². The number of Topliss-reactive ketones (excluding diaryl/α,β-unsaturated/α-hetero) is 1. The van der Waals surface area contributed by atoms with E-state index in [1.165, 1.54) is 42.7 Å². The van der Waals surface area contributed by atoms with Crippen molar-refractivity contribution in [3.8, 4) is 0 Å². The van der Waals surface area contributed by atoms with Gasteiger partial charge >= 0.3 is 11.7 Å². The minimum Gasteiger partial charge on any atom is -0.454 e. The molecule has 3 aromatic rings. The second kappa shape index (κ2) is 12.4. The monoisotopic (exact) mass is 543 g/mol. The number of carbonyl (C=O) groups excluding carboxylic acids is 2. The zero-order chi connectivity index (χ0) is 27.9. The standard InChI is InChI=1S/C20H24N4O7S.C5H5N/c1-22-17(21)16(18(26)23(2)20(22)28)15(25)12-31-19(27)13-7-6-8-14(11-13)32(29,30)24-9-4-3-5-10-24;1-2-4-6-5-3-1/h6-8,11H,3-5,9-10,12,21H2,1-2H3;1-5H. The number of ether oxygens (including phenoxy) is 1. The molecule has 0 amide bonds. The lowest BCUT2D eigenvalue weighted by molar-refractivity contribution is 0.0474. The summed E-state index contributed by atoms with van der Waals surface area (Å²) in [5.41, 5.74) is 3.60. The first-order chi connectivity index (χ1) is 18.1. The molecule has 1 aromatic carbocycles. The zero-order valence-electron chi connectivity index (χ0n) is 21.1. The van der Waals surface area contributed by atoms with E-state index < -0.39 is 45.2 Å². The molecule has 202 valence electrons. The number of piperidine rings is 1. The van der Waals surface area contributed by atoms with Gasteiger partial charge in [-0.25, -0.2) is 18.0 Å². The van der Waals surface area contributed by atoms with Crippen LogP contribution in [0.15, 0.2) is 69.3 Å². The summed E-state index contributed by atoms with van der Waals surface area (Å²) in [6.07, 6.45) is 6.02. The predicted molar refractivity (Wildman–Crippen MR) is 139 cm³/mol. The molecule has 0 aliphatic carbocycles. The Kier molecular flexibility index (Phi) is 9.31. The molecule has 0 bridgehead atoms. The van der Waals surface area contributed by atoms with E-state index in [1.54, 1.807) is 12.4 Å². The summed E-state index contributed by atoms with van der Waals surface area (Å²) in [5.74, 6) is -2.16. The smallest absolute Gasteiger partial charge is 0.338 e. The fraction of sp³-hybridized carbons (Fsp3) is 0.320. The van der Waals surface area contributed by atoms with Gasteiger partial charge in [-0.15, -0.1) is 0 Å². The molecule has 38 heavy (non-hydrogen) atoms. The van der Waals surface area contributed by atoms with Gasteiger partial charge in [0.05, 0.1) is 10.5 Å². The lowest BCUT2D eigenvalue weighted by Gasteiger charge is -2.25. The fourth-order valence-electron chi connectivity index (χ4n) is 3.76. The Morgan fingerprint density at radius 2 is 1.63 bits per heavy atom. The van der Waals surface area contributed by atoms with E-state index in [1.807, 2.05) is 18.2 Å². The number of nitrogens with zero attached hydrogens (tertiary/aromatic N) is 4. The van der Waals surface area contributed by atoms with Crippen LogP contribution in [0.2, 0.25) is 0 Å². The highest BCUT2D eigenvalue weighted by molar-refractivity contribution is 7.89. The molecule has 3 heterocycles. The van der Waals surface area contributed by atoms with Gasteiger partial charge in [0.25, 0.3) is 5.56 Å². The Balaban J connectivity index is 0.000000585. The third-order valence-corrected chi connectivity index (χ3v) is 7.81. The summed E-state index contributed by atoms with van der Waals surface area (Å²) in [7, 11) is -1.26. The van der Waals surface area contributed by atoms with Gasteiger partial charge in [0.1, 0.15) is 11.4 Å². The normalized spacial score (nSPS) is 13.7. The summed E-state index contributed by atoms with van der Waals surface area (Å²) in [4.78, 5) is 52.8. The molecule has 0 atom stereocenters. The van der Waals surface area contributed by atoms with Crippen molar-refractivity contribution in [2.24, 2.45) is 14.1 Å². The average Bonchev–Trinajstić information content (AvgIpc) is 2.95. The van der Waals surface area contributed by atoms with Gasteiger partial charge in [-0.3, -0.25) is 23.7 Å². The van der Waals surface area contributed by atoms with Gasteiger partial charge in [0, 0.05) is 39.6 Å². The number of aromatic nitrogens is 3. The van der Waals surface area contributed by atoms with Crippen LogP contribution >= 0.6 is 0 Å². The topological polar surface area (TPSA) is 164 Å². The van der Waals surface area contributed by atoms with E-state index in [-0.39, 0.29) is 16.3 Å². The number of nitrogens with two attached hydrogens (primary N) is 1. The maximum atomic E-state index is 12.8. The second-order valence-electron chi connectivity index (χ2n) is 8.48. The van der Waals surface area contributed by atoms with Crippen LogP contribution < -0.4 is 17.0 Å². The van der Waals surface area contributed by atoms with Crippen LogP contribution in [0, 0.1) is 0 Å². The fourth-order valence-corrected chi connectivity index (χ4v) is 5.32.